The summed E-state index contributed by atoms with van der Waals surface area (Å²) in [4.78, 5) is 0. The smallest absolute Gasteiger partial charge is 0.122 e. The summed E-state index contributed by atoms with van der Waals surface area (Å²) >= 11 is 0. The van der Waals surface area contributed by atoms with E-state index in [0.29, 0.717) is 0 Å². The number of benzene rings is 1. The number of hydrogen-bond donors (Lipinski definition) is 1. The lowest BCUT2D eigenvalue weighted by Gasteiger charge is -2.09. The molecule has 1 aromatic carbocycles. The van der Waals surface area contributed by atoms with Crippen LogP contribution in [-0.2, 0) is 0 Å². The van der Waals surface area contributed by atoms with Crippen molar-refractivity contribution < 1.29 is 4.74 Å². The number of nitrogens with one attached hydrogen (secondary N) is 1. The van der Waals surface area contributed by atoms with Crippen molar-refractivity contribution in [3.05, 3.63) is 35.9 Å². The molecule has 0 aliphatic heterocycles. The van der Waals surface area contributed by atoms with Crippen molar-refractivity contribution in [3.8, 4) is 5.75 Å². The van der Waals surface area contributed by atoms with E-state index in [9.17, 15) is 0 Å². The van der Waals surface area contributed by atoms with Gasteiger partial charge in [-0.15, -0.1) is 0 Å². The summed E-state index contributed by atoms with van der Waals surface area (Å²) in [5, 5.41) is 3.00. The molecule has 0 atom stereocenters. The molecule has 0 amide bonds. The van der Waals surface area contributed by atoms with E-state index in [-0.39, 0.29) is 0 Å². The zero-order valence-corrected chi connectivity index (χ0v) is 8.35. The molecule has 0 saturated carbocycles. The molecule has 0 bridgehead atoms. The average molecular weight is 177 g/mol. The quantitative estimate of drug-likeness (QED) is 0.764. The summed E-state index contributed by atoms with van der Waals surface area (Å²) in [5.74, 6) is 0.897. The molecule has 70 valence electrons. The lowest BCUT2D eigenvalue weighted by Crippen LogP contribution is -2.03. The summed E-state index contributed by atoms with van der Waals surface area (Å²) < 4.78 is 5.21. The van der Waals surface area contributed by atoms with Crippen molar-refractivity contribution in [2.75, 3.05) is 14.2 Å². The van der Waals surface area contributed by atoms with E-state index in [4.69, 9.17) is 4.74 Å². The average Bonchev–Trinajstić information content (AvgIpc) is 2.17. The van der Waals surface area contributed by atoms with Gasteiger partial charge in [-0.25, -0.2) is 0 Å². The van der Waals surface area contributed by atoms with Crippen LogP contribution in [0.15, 0.2) is 24.8 Å². The summed E-state index contributed by atoms with van der Waals surface area (Å²) in [6, 6.07) is 6.03. The van der Waals surface area contributed by atoms with Gasteiger partial charge in [-0.05, 0) is 18.6 Å². The van der Waals surface area contributed by atoms with Gasteiger partial charge in [0.2, 0.25) is 0 Å². The molecule has 0 saturated heterocycles. The lowest BCUT2D eigenvalue weighted by molar-refractivity contribution is 0.411. The fourth-order valence-corrected chi connectivity index (χ4v) is 1.15. The van der Waals surface area contributed by atoms with Gasteiger partial charge < -0.3 is 10.1 Å². The topological polar surface area (TPSA) is 21.3 Å². The maximum Gasteiger partial charge on any atom is 0.122 e. The number of rotatable bonds is 3. The SMILES string of the molecule is C=C(NC)c1ccc(C)c(OC)c1. The standard InChI is InChI=1S/C11H15NO/c1-8-5-6-10(9(2)12-3)7-11(8)13-4/h5-7,12H,2H2,1,3-4H3. The van der Waals surface area contributed by atoms with Gasteiger partial charge in [0.15, 0.2) is 0 Å². The monoisotopic (exact) mass is 177 g/mol. The Morgan fingerprint density at radius 3 is 2.69 bits per heavy atom. The second-order valence-electron chi connectivity index (χ2n) is 2.91. The molecule has 0 aliphatic rings. The normalized spacial score (nSPS) is 9.46. The second kappa shape index (κ2) is 3.99. The molecular formula is C11H15NO. The fourth-order valence-electron chi connectivity index (χ4n) is 1.15. The largest absolute Gasteiger partial charge is 0.496 e. The number of hydrogen-bond acceptors (Lipinski definition) is 2. The van der Waals surface area contributed by atoms with Crippen LogP contribution in [-0.4, -0.2) is 14.2 Å². The van der Waals surface area contributed by atoms with Crippen LogP contribution in [0.4, 0.5) is 0 Å². The predicted octanol–water partition coefficient (Wildman–Crippen LogP) is 2.19. The van der Waals surface area contributed by atoms with Gasteiger partial charge in [-0.3, -0.25) is 0 Å². The Kier molecular flexibility index (Phi) is 2.96. The van der Waals surface area contributed by atoms with Crippen LogP contribution in [0.25, 0.3) is 5.70 Å². The molecule has 0 aliphatic carbocycles. The van der Waals surface area contributed by atoms with E-state index in [1.165, 1.54) is 0 Å². The minimum Gasteiger partial charge on any atom is -0.496 e. The first-order valence-electron chi connectivity index (χ1n) is 4.20. The third-order valence-corrected chi connectivity index (χ3v) is 2.06. The van der Waals surface area contributed by atoms with Crippen LogP contribution in [0.2, 0.25) is 0 Å². The van der Waals surface area contributed by atoms with Crippen molar-refractivity contribution >= 4 is 5.70 Å². The van der Waals surface area contributed by atoms with Gasteiger partial charge >= 0.3 is 0 Å². The maximum atomic E-state index is 5.21. The number of ether oxygens (including phenoxy) is 1. The van der Waals surface area contributed by atoms with E-state index in [0.717, 1.165) is 22.6 Å². The Morgan fingerprint density at radius 1 is 1.46 bits per heavy atom. The Morgan fingerprint density at radius 2 is 2.15 bits per heavy atom. The van der Waals surface area contributed by atoms with Crippen molar-refractivity contribution in [3.63, 3.8) is 0 Å². The van der Waals surface area contributed by atoms with Crippen molar-refractivity contribution in [1.29, 1.82) is 0 Å². The summed E-state index contributed by atoms with van der Waals surface area (Å²) in [5.41, 5.74) is 3.10. The molecule has 2 nitrogen and oxygen atoms in total. The van der Waals surface area contributed by atoms with Crippen LogP contribution >= 0.6 is 0 Å². The van der Waals surface area contributed by atoms with E-state index in [1.807, 2.05) is 32.2 Å². The Labute approximate surface area is 79.2 Å². The first kappa shape index (κ1) is 9.65. The molecule has 0 radical (unpaired) electrons. The minimum absolute atomic E-state index is 0.897. The first-order chi connectivity index (χ1) is 6.19. The Hall–Kier alpha value is -1.44. The summed E-state index contributed by atoms with van der Waals surface area (Å²) in [7, 11) is 3.53. The highest BCUT2D eigenvalue weighted by molar-refractivity contribution is 5.63. The van der Waals surface area contributed by atoms with Crippen molar-refractivity contribution in [2.24, 2.45) is 0 Å². The van der Waals surface area contributed by atoms with Crippen molar-refractivity contribution in [1.82, 2.24) is 5.32 Å². The molecule has 1 aromatic rings. The van der Waals surface area contributed by atoms with Crippen LogP contribution in [0.3, 0.4) is 0 Å². The highest BCUT2D eigenvalue weighted by atomic mass is 16.5. The fraction of sp³-hybridized carbons (Fsp3) is 0.273. The van der Waals surface area contributed by atoms with E-state index >= 15 is 0 Å². The predicted molar refractivity (Wildman–Crippen MR) is 55.8 cm³/mol. The second-order valence-corrected chi connectivity index (χ2v) is 2.91. The zero-order chi connectivity index (χ0) is 9.84. The van der Waals surface area contributed by atoms with Gasteiger partial charge in [0.25, 0.3) is 0 Å². The first-order valence-corrected chi connectivity index (χ1v) is 4.20. The molecule has 1 N–H and O–H groups in total. The van der Waals surface area contributed by atoms with Crippen LogP contribution in [0.5, 0.6) is 5.75 Å². The molecule has 0 aromatic heterocycles. The number of aryl methyl sites for hydroxylation is 1. The Bertz CT molecular complexity index is 318. The minimum atomic E-state index is 0.897. The van der Waals surface area contributed by atoms with Gasteiger partial charge in [-0.1, -0.05) is 18.7 Å². The molecule has 13 heavy (non-hydrogen) atoms. The third kappa shape index (κ3) is 2.02. The van der Waals surface area contributed by atoms with Gasteiger partial charge in [-0.2, -0.15) is 0 Å². The highest BCUT2D eigenvalue weighted by Crippen LogP contribution is 2.21. The van der Waals surface area contributed by atoms with Gasteiger partial charge in [0.1, 0.15) is 5.75 Å². The molecule has 1 rings (SSSR count). The molecule has 0 unspecified atom stereocenters. The summed E-state index contributed by atoms with van der Waals surface area (Å²) in [6.45, 7) is 5.90. The summed E-state index contributed by atoms with van der Waals surface area (Å²) in [6.07, 6.45) is 0. The molecule has 2 heteroatoms. The van der Waals surface area contributed by atoms with E-state index in [2.05, 4.69) is 11.9 Å². The molecule has 0 heterocycles. The molecule has 0 spiro atoms. The number of methoxy groups -OCH3 is 1. The van der Waals surface area contributed by atoms with Crippen molar-refractivity contribution in [2.45, 2.75) is 6.92 Å². The van der Waals surface area contributed by atoms with Gasteiger partial charge in [0.05, 0.1) is 7.11 Å². The Balaban J connectivity index is 3.06. The van der Waals surface area contributed by atoms with Crippen LogP contribution in [0, 0.1) is 6.92 Å². The highest BCUT2D eigenvalue weighted by Gasteiger charge is 2.01. The maximum absolute atomic E-state index is 5.21. The third-order valence-electron chi connectivity index (χ3n) is 2.06. The van der Waals surface area contributed by atoms with E-state index < -0.39 is 0 Å². The van der Waals surface area contributed by atoms with Crippen LogP contribution in [0.1, 0.15) is 11.1 Å². The zero-order valence-electron chi connectivity index (χ0n) is 8.35. The van der Waals surface area contributed by atoms with Crippen LogP contribution < -0.4 is 10.1 Å². The van der Waals surface area contributed by atoms with Gasteiger partial charge in [0, 0.05) is 18.3 Å². The lowest BCUT2D eigenvalue weighted by atomic mass is 10.1. The molecular weight excluding hydrogens is 162 g/mol. The molecule has 0 fully saturated rings. The van der Waals surface area contributed by atoms with E-state index in [1.54, 1.807) is 7.11 Å².